The van der Waals surface area contributed by atoms with E-state index in [4.69, 9.17) is 0 Å². The normalized spacial score (nSPS) is 24.9. The number of nitrogens with zero attached hydrogens (tertiary/aromatic N) is 3. The van der Waals surface area contributed by atoms with E-state index in [9.17, 15) is 0 Å². The van der Waals surface area contributed by atoms with E-state index >= 15 is 0 Å². The van der Waals surface area contributed by atoms with E-state index in [1.54, 1.807) is 0 Å². The van der Waals surface area contributed by atoms with Gasteiger partial charge in [-0.3, -0.25) is 4.68 Å². The van der Waals surface area contributed by atoms with E-state index in [1.807, 2.05) is 24.1 Å². The molecule has 0 bridgehead atoms. The quantitative estimate of drug-likeness (QED) is 0.781. The zero-order chi connectivity index (χ0) is 10.5. The molecule has 1 N–H and O–H groups in total. The number of anilines is 1. The molecule has 4 nitrogen and oxygen atoms in total. The summed E-state index contributed by atoms with van der Waals surface area (Å²) in [7, 11) is 4.15. The fourth-order valence-electron chi connectivity index (χ4n) is 3.18. The molecule has 1 saturated heterocycles. The molecule has 0 atom stereocenters. The Labute approximate surface area is 90.3 Å². The van der Waals surface area contributed by atoms with Gasteiger partial charge in [0.25, 0.3) is 0 Å². The van der Waals surface area contributed by atoms with Gasteiger partial charge in [-0.1, -0.05) is 0 Å². The Morgan fingerprint density at radius 1 is 1.40 bits per heavy atom. The lowest BCUT2D eigenvalue weighted by molar-refractivity contribution is -0.0513. The predicted octanol–water partition coefficient (Wildman–Crippen LogP) is 0.926. The van der Waals surface area contributed by atoms with Gasteiger partial charge >= 0.3 is 0 Å². The number of hydrogen-bond acceptors (Lipinski definition) is 3. The Morgan fingerprint density at radius 2 is 2.13 bits per heavy atom. The highest BCUT2D eigenvalue weighted by molar-refractivity contribution is 5.40. The van der Waals surface area contributed by atoms with Crippen LogP contribution >= 0.6 is 0 Å². The molecule has 0 amide bonds. The molecular weight excluding hydrogens is 188 g/mol. The van der Waals surface area contributed by atoms with Gasteiger partial charge < -0.3 is 10.2 Å². The lowest BCUT2D eigenvalue weighted by Gasteiger charge is -2.58. The first-order valence-corrected chi connectivity index (χ1v) is 5.59. The Kier molecular flexibility index (Phi) is 1.83. The maximum absolute atomic E-state index is 4.16. The first-order valence-electron chi connectivity index (χ1n) is 5.59. The van der Waals surface area contributed by atoms with Crippen LogP contribution in [0.2, 0.25) is 0 Å². The summed E-state index contributed by atoms with van der Waals surface area (Å²) >= 11 is 0. The SMILES string of the molecule is CN1CC2(CC(Nc3cnn(C)c3)C2)C1. The summed E-state index contributed by atoms with van der Waals surface area (Å²) in [6.45, 7) is 2.58. The highest BCUT2D eigenvalue weighted by Gasteiger charge is 2.50. The third kappa shape index (κ3) is 1.53. The third-order valence-electron chi connectivity index (χ3n) is 3.65. The van der Waals surface area contributed by atoms with Crippen molar-refractivity contribution in [1.29, 1.82) is 0 Å². The standard InChI is InChI=1S/C11H18N4/c1-14-7-11(8-14)3-9(4-11)13-10-5-12-15(2)6-10/h5-6,9,13H,3-4,7-8H2,1-2H3. The van der Waals surface area contributed by atoms with E-state index in [2.05, 4.69) is 22.4 Å². The van der Waals surface area contributed by atoms with Gasteiger partial charge in [0.15, 0.2) is 0 Å². The van der Waals surface area contributed by atoms with Crippen molar-refractivity contribution in [2.75, 3.05) is 25.5 Å². The van der Waals surface area contributed by atoms with Crippen molar-refractivity contribution in [3.63, 3.8) is 0 Å². The largest absolute Gasteiger partial charge is 0.380 e. The lowest BCUT2D eigenvalue weighted by atomic mass is 9.61. The van der Waals surface area contributed by atoms with Crippen LogP contribution in [0.5, 0.6) is 0 Å². The number of hydrogen-bond donors (Lipinski definition) is 1. The predicted molar refractivity (Wildman–Crippen MR) is 59.8 cm³/mol. The summed E-state index contributed by atoms with van der Waals surface area (Å²) in [6, 6.07) is 0.669. The van der Waals surface area contributed by atoms with Crippen LogP contribution in [0.15, 0.2) is 12.4 Å². The molecule has 1 aromatic rings. The maximum Gasteiger partial charge on any atom is 0.0728 e. The van der Waals surface area contributed by atoms with Crippen LogP contribution < -0.4 is 5.32 Å². The maximum atomic E-state index is 4.16. The number of aromatic nitrogens is 2. The van der Waals surface area contributed by atoms with Crippen molar-refractivity contribution in [3.8, 4) is 0 Å². The van der Waals surface area contributed by atoms with Gasteiger partial charge in [0.2, 0.25) is 0 Å². The second-order valence-electron chi connectivity index (χ2n) is 5.32. The molecule has 2 fully saturated rings. The molecule has 1 spiro atoms. The van der Waals surface area contributed by atoms with Crippen molar-refractivity contribution < 1.29 is 0 Å². The van der Waals surface area contributed by atoms with Crippen molar-refractivity contribution in [2.24, 2.45) is 12.5 Å². The summed E-state index contributed by atoms with van der Waals surface area (Å²) in [4.78, 5) is 2.40. The van der Waals surface area contributed by atoms with E-state index in [0.29, 0.717) is 11.5 Å². The molecule has 82 valence electrons. The molecule has 0 aromatic carbocycles. The van der Waals surface area contributed by atoms with Crippen molar-refractivity contribution in [2.45, 2.75) is 18.9 Å². The Morgan fingerprint density at radius 3 is 2.67 bits per heavy atom. The summed E-state index contributed by atoms with van der Waals surface area (Å²) < 4.78 is 1.84. The monoisotopic (exact) mass is 206 g/mol. The zero-order valence-corrected chi connectivity index (χ0v) is 9.40. The van der Waals surface area contributed by atoms with E-state index < -0.39 is 0 Å². The molecule has 15 heavy (non-hydrogen) atoms. The molecule has 1 aliphatic heterocycles. The minimum Gasteiger partial charge on any atom is -0.380 e. The molecule has 1 saturated carbocycles. The number of nitrogens with one attached hydrogen (secondary N) is 1. The molecular formula is C11H18N4. The number of likely N-dealkylation sites (tertiary alicyclic amines) is 1. The summed E-state index contributed by atoms with van der Waals surface area (Å²) in [5.74, 6) is 0. The van der Waals surface area contributed by atoms with Gasteiger partial charge in [-0.25, -0.2) is 0 Å². The van der Waals surface area contributed by atoms with E-state index in [-0.39, 0.29) is 0 Å². The van der Waals surface area contributed by atoms with Crippen LogP contribution in [0.4, 0.5) is 5.69 Å². The third-order valence-corrected chi connectivity index (χ3v) is 3.65. The molecule has 1 aliphatic carbocycles. The van der Waals surface area contributed by atoms with Gasteiger partial charge in [-0.15, -0.1) is 0 Å². The average Bonchev–Trinajstić information content (AvgIpc) is 2.45. The minimum atomic E-state index is 0.661. The second-order valence-corrected chi connectivity index (χ2v) is 5.32. The summed E-state index contributed by atoms with van der Waals surface area (Å²) in [5.41, 5.74) is 1.82. The minimum absolute atomic E-state index is 0.661. The Bertz CT molecular complexity index is 356. The molecule has 1 aromatic heterocycles. The van der Waals surface area contributed by atoms with Gasteiger partial charge in [0.05, 0.1) is 11.9 Å². The first kappa shape index (κ1) is 9.21. The van der Waals surface area contributed by atoms with Crippen LogP contribution in [0.25, 0.3) is 0 Å². The molecule has 3 rings (SSSR count). The Hall–Kier alpha value is -1.03. The fourth-order valence-corrected chi connectivity index (χ4v) is 3.18. The second kappa shape index (κ2) is 2.98. The van der Waals surface area contributed by atoms with Gasteiger partial charge in [-0.2, -0.15) is 5.10 Å². The highest BCUT2D eigenvalue weighted by atomic mass is 15.3. The molecule has 2 heterocycles. The lowest BCUT2D eigenvalue weighted by Crippen LogP contribution is -2.63. The van der Waals surface area contributed by atoms with Crippen molar-refractivity contribution >= 4 is 5.69 Å². The van der Waals surface area contributed by atoms with Gasteiger partial charge in [-0.05, 0) is 25.3 Å². The fraction of sp³-hybridized carbons (Fsp3) is 0.727. The van der Waals surface area contributed by atoms with Crippen LogP contribution in [0.3, 0.4) is 0 Å². The molecule has 0 radical (unpaired) electrons. The number of rotatable bonds is 2. The smallest absolute Gasteiger partial charge is 0.0728 e. The highest BCUT2D eigenvalue weighted by Crippen LogP contribution is 2.48. The van der Waals surface area contributed by atoms with Crippen LogP contribution in [-0.2, 0) is 7.05 Å². The van der Waals surface area contributed by atoms with Gasteiger partial charge in [0.1, 0.15) is 0 Å². The van der Waals surface area contributed by atoms with E-state index in [1.165, 1.54) is 25.9 Å². The van der Waals surface area contributed by atoms with Crippen LogP contribution in [-0.4, -0.2) is 40.9 Å². The summed E-state index contributed by atoms with van der Waals surface area (Å²) in [6.07, 6.45) is 6.59. The van der Waals surface area contributed by atoms with E-state index in [0.717, 1.165) is 5.69 Å². The van der Waals surface area contributed by atoms with Crippen LogP contribution in [0, 0.1) is 5.41 Å². The molecule has 4 heteroatoms. The first-order chi connectivity index (χ1) is 7.15. The molecule has 2 aliphatic rings. The Balaban J connectivity index is 1.52. The zero-order valence-electron chi connectivity index (χ0n) is 9.40. The summed E-state index contributed by atoms with van der Waals surface area (Å²) in [5, 5.41) is 7.69. The van der Waals surface area contributed by atoms with Crippen molar-refractivity contribution in [1.82, 2.24) is 14.7 Å². The average molecular weight is 206 g/mol. The molecule has 0 unspecified atom stereocenters. The topological polar surface area (TPSA) is 33.1 Å². The van der Waals surface area contributed by atoms with Crippen LogP contribution in [0.1, 0.15) is 12.8 Å². The number of aryl methyl sites for hydroxylation is 1. The van der Waals surface area contributed by atoms with Gasteiger partial charge in [0, 0.05) is 32.4 Å². The van der Waals surface area contributed by atoms with Crippen molar-refractivity contribution in [3.05, 3.63) is 12.4 Å².